The predicted octanol–water partition coefficient (Wildman–Crippen LogP) is 3.66. The average molecular weight is 320 g/mol. The Bertz CT molecular complexity index is 464. The first kappa shape index (κ1) is 16.9. The van der Waals surface area contributed by atoms with Crippen molar-refractivity contribution in [2.75, 3.05) is 0 Å². The molecule has 2 fully saturated rings. The topological polar surface area (TPSA) is 71.4 Å². The zero-order valence-corrected chi connectivity index (χ0v) is 13.2. The summed E-state index contributed by atoms with van der Waals surface area (Å²) < 4.78 is 47.6. The van der Waals surface area contributed by atoms with Crippen LogP contribution in [0.5, 0.6) is 0 Å². The van der Waals surface area contributed by atoms with E-state index in [1.165, 1.54) is 0 Å². The Balaban J connectivity index is 2.17. The van der Waals surface area contributed by atoms with E-state index in [1.54, 1.807) is 0 Å². The molecule has 0 saturated heterocycles. The smallest absolute Gasteiger partial charge is 0.294 e. The largest absolute Gasteiger partial charge is 0.307 e. The first-order chi connectivity index (χ1) is 9.84. The quantitative estimate of drug-likeness (QED) is 0.785. The van der Waals surface area contributed by atoms with Crippen LogP contribution < -0.4 is 0 Å². The second kappa shape index (κ2) is 6.73. The molecule has 0 aromatic heterocycles. The molecule has 0 aliphatic heterocycles. The molecule has 1 unspecified atom stereocenters. The minimum Gasteiger partial charge on any atom is -0.294 e. The molecule has 0 aromatic rings. The molecule has 2 saturated carbocycles. The Morgan fingerprint density at radius 2 is 1.48 bits per heavy atom. The third-order valence-corrected chi connectivity index (χ3v) is 6.21. The first-order valence-corrected chi connectivity index (χ1v) is 9.49. The van der Waals surface area contributed by atoms with Crippen LogP contribution in [-0.2, 0) is 14.9 Å². The fraction of sp³-hybridized carbons (Fsp3) is 0.933. The fourth-order valence-corrected chi connectivity index (χ4v) is 4.63. The molecule has 0 radical (unpaired) electrons. The van der Waals surface area contributed by atoms with E-state index >= 15 is 4.39 Å². The number of ketones is 1. The molecule has 0 bridgehead atoms. The number of halogens is 1. The van der Waals surface area contributed by atoms with E-state index in [-0.39, 0.29) is 12.3 Å². The van der Waals surface area contributed by atoms with Gasteiger partial charge < -0.3 is 0 Å². The van der Waals surface area contributed by atoms with E-state index in [0.717, 1.165) is 51.4 Å². The first-order valence-electron chi connectivity index (χ1n) is 8.05. The molecule has 2 rings (SSSR count). The van der Waals surface area contributed by atoms with E-state index in [2.05, 4.69) is 0 Å². The highest BCUT2D eigenvalue weighted by Gasteiger charge is 2.54. The zero-order chi connectivity index (χ0) is 15.5. The molecule has 0 amide bonds. The molecule has 1 N–H and O–H groups in total. The van der Waals surface area contributed by atoms with Crippen LogP contribution in [0.15, 0.2) is 0 Å². The summed E-state index contributed by atoms with van der Waals surface area (Å²) in [5, 5.41) is -3.10. The van der Waals surface area contributed by atoms with Crippen LogP contribution >= 0.6 is 0 Å². The summed E-state index contributed by atoms with van der Waals surface area (Å²) in [6, 6.07) is 0. The third kappa shape index (κ3) is 3.83. The lowest BCUT2D eigenvalue weighted by Gasteiger charge is -2.32. The van der Waals surface area contributed by atoms with Crippen LogP contribution in [0.4, 0.5) is 4.39 Å². The van der Waals surface area contributed by atoms with Crippen molar-refractivity contribution >= 4 is 15.9 Å². The van der Waals surface area contributed by atoms with Gasteiger partial charge in [0.1, 0.15) is 0 Å². The average Bonchev–Trinajstić information content (AvgIpc) is 2.47. The van der Waals surface area contributed by atoms with Crippen molar-refractivity contribution in [3.05, 3.63) is 0 Å². The lowest BCUT2D eigenvalue weighted by atomic mass is 9.80. The van der Waals surface area contributed by atoms with E-state index in [1.807, 2.05) is 0 Å². The van der Waals surface area contributed by atoms with Crippen LogP contribution in [-0.4, -0.2) is 23.8 Å². The molecule has 4 nitrogen and oxygen atoms in total. The van der Waals surface area contributed by atoms with Crippen molar-refractivity contribution in [3.8, 4) is 0 Å². The predicted molar refractivity (Wildman–Crippen MR) is 78.2 cm³/mol. The molecular formula is C15H25FO4S. The lowest BCUT2D eigenvalue weighted by Crippen LogP contribution is -2.47. The van der Waals surface area contributed by atoms with Crippen LogP contribution in [0.25, 0.3) is 0 Å². The SMILES string of the molecule is O=C(C1CCCCC1)C(F)(CC1CCCCC1)S(=O)(=O)O. The highest BCUT2D eigenvalue weighted by atomic mass is 32.2. The van der Waals surface area contributed by atoms with Crippen LogP contribution in [0.3, 0.4) is 0 Å². The Morgan fingerprint density at radius 3 is 1.95 bits per heavy atom. The molecule has 0 heterocycles. The summed E-state index contributed by atoms with van der Waals surface area (Å²) in [4.78, 5) is 12.4. The molecule has 2 aliphatic rings. The third-order valence-electron chi connectivity index (χ3n) is 5.03. The molecule has 0 spiro atoms. The molecule has 122 valence electrons. The Morgan fingerprint density at radius 1 is 1.00 bits per heavy atom. The van der Waals surface area contributed by atoms with Gasteiger partial charge in [0.05, 0.1) is 0 Å². The normalized spacial score (nSPS) is 25.4. The Hall–Kier alpha value is -0.490. The van der Waals surface area contributed by atoms with Crippen molar-refractivity contribution in [2.45, 2.75) is 75.6 Å². The van der Waals surface area contributed by atoms with Gasteiger partial charge in [0.2, 0.25) is 0 Å². The monoisotopic (exact) mass is 320 g/mol. The molecule has 2 aliphatic carbocycles. The number of carbonyl (C=O) groups excluding carboxylic acids is 1. The minimum atomic E-state index is -5.03. The van der Waals surface area contributed by atoms with Gasteiger partial charge in [-0.05, 0) is 18.8 Å². The van der Waals surface area contributed by atoms with Crippen molar-refractivity contribution in [2.24, 2.45) is 11.8 Å². The van der Waals surface area contributed by atoms with Gasteiger partial charge in [0.25, 0.3) is 5.00 Å². The van der Waals surface area contributed by atoms with Gasteiger partial charge in [-0.25, -0.2) is 4.39 Å². The second-order valence-corrected chi connectivity index (χ2v) is 8.21. The van der Waals surface area contributed by atoms with Crippen LogP contribution in [0.1, 0.15) is 70.6 Å². The van der Waals surface area contributed by atoms with Crippen molar-refractivity contribution in [1.29, 1.82) is 0 Å². The number of Topliss-reactive ketones (excluding diaryl/α,β-unsaturated/α-hetero) is 1. The zero-order valence-electron chi connectivity index (χ0n) is 12.4. The van der Waals surface area contributed by atoms with E-state index < -0.39 is 26.8 Å². The highest BCUT2D eigenvalue weighted by Crippen LogP contribution is 2.39. The summed E-state index contributed by atoms with van der Waals surface area (Å²) in [6.45, 7) is 0. The summed E-state index contributed by atoms with van der Waals surface area (Å²) in [5.74, 6) is -1.59. The lowest BCUT2D eigenvalue weighted by molar-refractivity contribution is -0.132. The molecule has 1 atom stereocenters. The van der Waals surface area contributed by atoms with Crippen molar-refractivity contribution in [1.82, 2.24) is 0 Å². The van der Waals surface area contributed by atoms with Crippen LogP contribution in [0, 0.1) is 11.8 Å². The Kier molecular flexibility index (Phi) is 5.41. The van der Waals surface area contributed by atoms with Gasteiger partial charge >= 0.3 is 10.1 Å². The van der Waals surface area contributed by atoms with Crippen molar-refractivity contribution < 1.29 is 22.2 Å². The highest BCUT2D eigenvalue weighted by molar-refractivity contribution is 7.87. The second-order valence-electron chi connectivity index (χ2n) is 6.61. The summed E-state index contributed by atoms with van der Waals surface area (Å²) in [6.07, 6.45) is 7.74. The van der Waals surface area contributed by atoms with E-state index in [9.17, 15) is 17.8 Å². The van der Waals surface area contributed by atoms with Crippen LogP contribution in [0.2, 0.25) is 0 Å². The van der Waals surface area contributed by atoms with Gasteiger partial charge in [-0.2, -0.15) is 8.42 Å². The van der Waals surface area contributed by atoms with E-state index in [0.29, 0.717) is 12.8 Å². The maximum Gasteiger partial charge on any atom is 0.307 e. The number of hydrogen-bond acceptors (Lipinski definition) is 3. The summed E-state index contributed by atoms with van der Waals surface area (Å²) in [7, 11) is -5.03. The Labute approximate surface area is 126 Å². The van der Waals surface area contributed by atoms with E-state index in [4.69, 9.17) is 0 Å². The number of carbonyl (C=O) groups is 1. The van der Waals surface area contributed by atoms with Crippen molar-refractivity contribution in [3.63, 3.8) is 0 Å². The molecule has 6 heteroatoms. The summed E-state index contributed by atoms with van der Waals surface area (Å²) in [5.41, 5.74) is 0. The maximum absolute atomic E-state index is 15.1. The number of alkyl halides is 1. The standard InChI is InChI=1S/C15H25FO4S/c16-15(21(18,19)20,11-12-7-3-1-4-8-12)14(17)13-9-5-2-6-10-13/h12-13H,1-11H2,(H,18,19,20). The molecule has 21 heavy (non-hydrogen) atoms. The van der Waals surface area contributed by atoms with Gasteiger partial charge in [0.15, 0.2) is 5.78 Å². The maximum atomic E-state index is 15.1. The van der Waals surface area contributed by atoms with Gasteiger partial charge in [-0.3, -0.25) is 9.35 Å². The van der Waals surface area contributed by atoms with Gasteiger partial charge in [0, 0.05) is 12.3 Å². The number of hydrogen-bond donors (Lipinski definition) is 1. The summed E-state index contributed by atoms with van der Waals surface area (Å²) >= 11 is 0. The molecular weight excluding hydrogens is 295 g/mol. The molecule has 0 aromatic carbocycles. The minimum absolute atomic E-state index is 0.127. The van der Waals surface area contributed by atoms with Gasteiger partial charge in [-0.15, -0.1) is 0 Å². The van der Waals surface area contributed by atoms with Gasteiger partial charge in [-0.1, -0.05) is 51.4 Å². The fourth-order valence-electron chi connectivity index (χ4n) is 3.77. The number of rotatable bonds is 5.